The number of benzene rings is 1. The molecule has 8 heteroatoms. The third-order valence-corrected chi connectivity index (χ3v) is 5.94. The molecular formula is C23H22F2N4O2. The summed E-state index contributed by atoms with van der Waals surface area (Å²) in [5, 5.41) is 3.97. The van der Waals surface area contributed by atoms with Gasteiger partial charge in [0.05, 0.1) is 17.0 Å². The summed E-state index contributed by atoms with van der Waals surface area (Å²) in [5.74, 6) is -0.650. The van der Waals surface area contributed by atoms with E-state index < -0.39 is 23.1 Å². The molecule has 160 valence electrons. The van der Waals surface area contributed by atoms with Crippen LogP contribution in [0.15, 0.2) is 35.0 Å². The van der Waals surface area contributed by atoms with Gasteiger partial charge in [0.1, 0.15) is 23.0 Å². The van der Waals surface area contributed by atoms with E-state index in [4.69, 9.17) is 9.51 Å². The lowest BCUT2D eigenvalue weighted by atomic mass is 9.90. The maximum atomic E-state index is 14.2. The molecule has 0 N–H and O–H groups in total. The topological polar surface area (TPSA) is 72.1 Å². The number of aromatic nitrogens is 3. The lowest BCUT2D eigenvalue weighted by Gasteiger charge is -2.33. The average Bonchev–Trinajstić information content (AvgIpc) is 3.54. The highest BCUT2D eigenvalue weighted by atomic mass is 19.1. The number of amides is 1. The Hall–Kier alpha value is -3.16. The molecule has 31 heavy (non-hydrogen) atoms. The molecule has 0 radical (unpaired) electrons. The van der Waals surface area contributed by atoms with E-state index in [0.717, 1.165) is 54.2 Å². The monoisotopic (exact) mass is 424 g/mol. The third-order valence-electron chi connectivity index (χ3n) is 5.94. The van der Waals surface area contributed by atoms with E-state index in [1.807, 2.05) is 13.0 Å². The van der Waals surface area contributed by atoms with Crippen LogP contribution in [0, 0.1) is 18.6 Å². The van der Waals surface area contributed by atoms with Gasteiger partial charge in [-0.1, -0.05) is 11.2 Å². The molecule has 1 amide bonds. The van der Waals surface area contributed by atoms with Gasteiger partial charge in [-0.25, -0.2) is 18.7 Å². The van der Waals surface area contributed by atoms with Gasteiger partial charge in [0.25, 0.3) is 5.91 Å². The Morgan fingerprint density at radius 1 is 1.16 bits per heavy atom. The van der Waals surface area contributed by atoms with Crippen molar-refractivity contribution in [1.82, 2.24) is 20.0 Å². The normalized spacial score (nSPS) is 18.9. The van der Waals surface area contributed by atoms with Crippen LogP contribution >= 0.6 is 0 Å². The standard InChI is InChI=1S/C23H22F2N4O2/c1-13-10-19(31-28-13)16-11-26-22(14-7-8-14)27-21(16)15-4-3-9-29(12-15)23(30)20-17(24)5-2-6-18(20)25/h2,5-6,10-11,14-15H,3-4,7-9,12H2,1H3. The molecule has 3 aromatic rings. The smallest absolute Gasteiger partial charge is 0.259 e. The summed E-state index contributed by atoms with van der Waals surface area (Å²) in [6.07, 6.45) is 5.44. The highest BCUT2D eigenvalue weighted by molar-refractivity contribution is 5.95. The van der Waals surface area contributed by atoms with E-state index in [1.54, 1.807) is 6.20 Å². The van der Waals surface area contributed by atoms with Gasteiger partial charge in [0.15, 0.2) is 5.76 Å². The van der Waals surface area contributed by atoms with Crippen LogP contribution in [-0.2, 0) is 0 Å². The SMILES string of the molecule is Cc1cc(-c2cnc(C3CC3)nc2C2CCCN(C(=O)c3c(F)cccc3F)C2)on1. The van der Waals surface area contributed by atoms with Crippen LogP contribution in [0.1, 0.15) is 65.1 Å². The average molecular weight is 424 g/mol. The molecule has 5 rings (SSSR count). The Bertz CT molecular complexity index is 1120. The van der Waals surface area contributed by atoms with Crippen molar-refractivity contribution < 1.29 is 18.1 Å². The zero-order valence-corrected chi connectivity index (χ0v) is 17.1. The van der Waals surface area contributed by atoms with Crippen molar-refractivity contribution in [3.8, 4) is 11.3 Å². The second-order valence-electron chi connectivity index (χ2n) is 8.32. The molecule has 1 aromatic carbocycles. The molecule has 2 aliphatic rings. The lowest BCUT2D eigenvalue weighted by Crippen LogP contribution is -2.40. The molecule has 2 aromatic heterocycles. The predicted molar refractivity (Wildman–Crippen MR) is 108 cm³/mol. The minimum atomic E-state index is -0.844. The van der Waals surface area contributed by atoms with Crippen LogP contribution < -0.4 is 0 Å². The first-order chi connectivity index (χ1) is 15.0. The molecule has 0 bridgehead atoms. The fraction of sp³-hybridized carbons (Fsp3) is 0.391. The first-order valence-corrected chi connectivity index (χ1v) is 10.5. The molecule has 1 unspecified atom stereocenters. The number of nitrogens with zero attached hydrogens (tertiary/aromatic N) is 4. The number of aryl methyl sites for hydroxylation is 1. The lowest BCUT2D eigenvalue weighted by molar-refractivity contribution is 0.0696. The van der Waals surface area contributed by atoms with Gasteiger partial charge >= 0.3 is 0 Å². The van der Waals surface area contributed by atoms with Gasteiger partial charge in [-0.05, 0) is 44.7 Å². The van der Waals surface area contributed by atoms with Gasteiger partial charge in [-0.2, -0.15) is 0 Å². The number of carbonyl (C=O) groups is 1. The van der Waals surface area contributed by atoms with Crippen LogP contribution in [0.5, 0.6) is 0 Å². The fourth-order valence-electron chi connectivity index (χ4n) is 4.18. The second-order valence-corrected chi connectivity index (χ2v) is 8.32. The summed E-state index contributed by atoms with van der Waals surface area (Å²) < 4.78 is 33.8. The number of halogens is 2. The summed E-state index contributed by atoms with van der Waals surface area (Å²) in [6.45, 7) is 2.62. The number of hydrogen-bond donors (Lipinski definition) is 0. The summed E-state index contributed by atoms with van der Waals surface area (Å²) in [4.78, 5) is 23.9. The first kappa shape index (κ1) is 19.8. The maximum Gasteiger partial charge on any atom is 0.259 e. The number of rotatable bonds is 4. The Kier molecular flexibility index (Phi) is 5.00. The predicted octanol–water partition coefficient (Wildman–Crippen LogP) is 4.62. The second kappa shape index (κ2) is 7.83. The van der Waals surface area contributed by atoms with E-state index in [1.165, 1.54) is 11.0 Å². The molecule has 0 spiro atoms. The molecular weight excluding hydrogens is 402 g/mol. The van der Waals surface area contributed by atoms with Crippen molar-refractivity contribution in [2.45, 2.75) is 44.4 Å². The van der Waals surface area contributed by atoms with Crippen LogP contribution in [0.25, 0.3) is 11.3 Å². The summed E-state index contributed by atoms with van der Waals surface area (Å²) >= 11 is 0. The number of carbonyl (C=O) groups excluding carboxylic acids is 1. The Morgan fingerprint density at radius 2 is 1.94 bits per heavy atom. The highest BCUT2D eigenvalue weighted by Gasteiger charge is 2.33. The van der Waals surface area contributed by atoms with Crippen molar-refractivity contribution in [3.05, 3.63) is 64.9 Å². The van der Waals surface area contributed by atoms with Crippen LogP contribution in [0.4, 0.5) is 8.78 Å². The molecule has 6 nitrogen and oxygen atoms in total. The van der Waals surface area contributed by atoms with Crippen molar-refractivity contribution in [3.63, 3.8) is 0 Å². The summed E-state index contributed by atoms with van der Waals surface area (Å²) in [5.41, 5.74) is 1.80. The maximum absolute atomic E-state index is 14.2. The van der Waals surface area contributed by atoms with Gasteiger partial charge in [-0.3, -0.25) is 4.79 Å². The molecule has 1 aliphatic heterocycles. The molecule has 1 atom stereocenters. The Morgan fingerprint density at radius 3 is 2.61 bits per heavy atom. The zero-order valence-electron chi connectivity index (χ0n) is 17.1. The minimum absolute atomic E-state index is 0.0894. The third kappa shape index (κ3) is 3.82. The highest BCUT2D eigenvalue weighted by Crippen LogP contribution is 2.40. The van der Waals surface area contributed by atoms with Crippen LogP contribution in [0.2, 0.25) is 0 Å². The van der Waals surface area contributed by atoms with E-state index in [9.17, 15) is 13.6 Å². The van der Waals surface area contributed by atoms with Gasteiger partial charge in [0.2, 0.25) is 0 Å². The molecule has 1 aliphatic carbocycles. The van der Waals surface area contributed by atoms with Gasteiger partial charge in [0, 0.05) is 37.2 Å². The van der Waals surface area contributed by atoms with E-state index in [0.29, 0.717) is 31.2 Å². The van der Waals surface area contributed by atoms with E-state index >= 15 is 0 Å². The van der Waals surface area contributed by atoms with Gasteiger partial charge < -0.3 is 9.42 Å². The van der Waals surface area contributed by atoms with Gasteiger partial charge in [-0.15, -0.1) is 0 Å². The van der Waals surface area contributed by atoms with E-state index in [2.05, 4.69) is 10.1 Å². The molecule has 3 heterocycles. The van der Waals surface area contributed by atoms with Crippen LogP contribution in [0.3, 0.4) is 0 Å². The minimum Gasteiger partial charge on any atom is -0.356 e. The molecule has 1 saturated carbocycles. The van der Waals surface area contributed by atoms with Crippen molar-refractivity contribution in [2.75, 3.05) is 13.1 Å². The molecule has 1 saturated heterocycles. The van der Waals surface area contributed by atoms with Crippen molar-refractivity contribution >= 4 is 5.91 Å². The van der Waals surface area contributed by atoms with Crippen molar-refractivity contribution in [2.24, 2.45) is 0 Å². The summed E-state index contributed by atoms with van der Waals surface area (Å²) in [7, 11) is 0. The number of piperidine rings is 1. The molecule has 2 fully saturated rings. The largest absolute Gasteiger partial charge is 0.356 e. The summed E-state index contributed by atoms with van der Waals surface area (Å²) in [6, 6.07) is 5.30. The Labute approximate surface area is 178 Å². The van der Waals surface area contributed by atoms with Crippen molar-refractivity contribution in [1.29, 1.82) is 0 Å². The zero-order chi connectivity index (χ0) is 21.5. The first-order valence-electron chi connectivity index (χ1n) is 10.5. The van der Waals surface area contributed by atoms with Crippen LogP contribution in [-0.4, -0.2) is 39.0 Å². The number of likely N-dealkylation sites (tertiary alicyclic amines) is 1. The Balaban J connectivity index is 1.48. The van der Waals surface area contributed by atoms with E-state index in [-0.39, 0.29) is 5.92 Å². The quantitative estimate of drug-likeness (QED) is 0.611. The fourth-order valence-corrected chi connectivity index (χ4v) is 4.18. The number of hydrogen-bond acceptors (Lipinski definition) is 5.